The average Bonchev–Trinajstić information content (AvgIpc) is 2.07. The normalized spacial score (nSPS) is 8.42. The monoisotopic (exact) mass is 179 g/mol. The van der Waals surface area contributed by atoms with Crippen LogP contribution in [-0.2, 0) is 4.79 Å². The molecular formula is C9H6ClNO. The van der Waals surface area contributed by atoms with Crippen LogP contribution in [0.3, 0.4) is 0 Å². The highest BCUT2D eigenvalue weighted by molar-refractivity contribution is 6.33. The van der Waals surface area contributed by atoms with Gasteiger partial charge in [-0.05, 0) is 24.1 Å². The highest BCUT2D eigenvalue weighted by atomic mass is 35.5. The maximum Gasteiger partial charge on any atom is 0.193 e. The van der Waals surface area contributed by atoms with E-state index in [1.54, 1.807) is 18.2 Å². The van der Waals surface area contributed by atoms with Gasteiger partial charge in [-0.1, -0.05) is 17.5 Å². The van der Waals surface area contributed by atoms with Crippen molar-refractivity contribution in [2.24, 2.45) is 0 Å². The van der Waals surface area contributed by atoms with E-state index in [0.29, 0.717) is 22.6 Å². The van der Waals surface area contributed by atoms with Crippen LogP contribution in [0.5, 0.6) is 0 Å². The molecule has 0 aromatic heterocycles. The van der Waals surface area contributed by atoms with Crippen molar-refractivity contribution in [1.29, 1.82) is 0 Å². The van der Waals surface area contributed by atoms with E-state index >= 15 is 0 Å². The van der Waals surface area contributed by atoms with E-state index in [-0.39, 0.29) is 0 Å². The molecule has 1 rings (SSSR count). The van der Waals surface area contributed by atoms with Crippen LogP contribution in [0.1, 0.15) is 5.56 Å². The second-order valence-corrected chi connectivity index (χ2v) is 2.53. The Kier molecular flexibility index (Phi) is 2.73. The molecule has 0 aliphatic carbocycles. The van der Waals surface area contributed by atoms with Crippen LogP contribution in [0.15, 0.2) is 18.2 Å². The highest BCUT2D eigenvalue weighted by Crippen LogP contribution is 2.18. The van der Waals surface area contributed by atoms with Gasteiger partial charge >= 0.3 is 0 Å². The second kappa shape index (κ2) is 3.80. The summed E-state index contributed by atoms with van der Waals surface area (Å²) < 4.78 is 0. The summed E-state index contributed by atoms with van der Waals surface area (Å²) in [5, 5.41) is 0.492. The molecule has 0 amide bonds. The minimum absolute atomic E-state index is 0.467. The molecule has 0 saturated carbocycles. The molecule has 2 nitrogen and oxygen atoms in total. The molecule has 0 atom stereocenters. The van der Waals surface area contributed by atoms with Gasteiger partial charge in [-0.25, -0.2) is 0 Å². The van der Waals surface area contributed by atoms with Gasteiger partial charge < -0.3 is 5.73 Å². The second-order valence-electron chi connectivity index (χ2n) is 2.12. The minimum atomic E-state index is 0.467. The summed E-state index contributed by atoms with van der Waals surface area (Å²) in [6, 6.07) is 4.97. The Balaban J connectivity index is 3.04. The van der Waals surface area contributed by atoms with Gasteiger partial charge in [0.25, 0.3) is 0 Å². The lowest BCUT2D eigenvalue weighted by Gasteiger charge is -1.96. The molecule has 3 heteroatoms. The van der Waals surface area contributed by atoms with Crippen LogP contribution in [0.4, 0.5) is 5.69 Å². The van der Waals surface area contributed by atoms with Gasteiger partial charge in [0.1, 0.15) is 0 Å². The Labute approximate surface area is 75.3 Å². The molecule has 2 N–H and O–H groups in total. The molecule has 0 aliphatic heterocycles. The van der Waals surface area contributed by atoms with E-state index in [4.69, 9.17) is 17.3 Å². The number of anilines is 1. The van der Waals surface area contributed by atoms with Crippen molar-refractivity contribution in [2.75, 3.05) is 5.73 Å². The van der Waals surface area contributed by atoms with E-state index in [1.807, 2.05) is 0 Å². The van der Waals surface area contributed by atoms with Crippen molar-refractivity contribution >= 4 is 23.6 Å². The number of carbonyl (C=O) groups is 1. The third-order valence-electron chi connectivity index (χ3n) is 1.27. The van der Waals surface area contributed by atoms with Crippen molar-refractivity contribution < 1.29 is 4.79 Å². The molecule has 0 unspecified atom stereocenters. The molecule has 0 heterocycles. The smallest absolute Gasteiger partial charge is 0.193 e. The number of aldehydes is 1. The van der Waals surface area contributed by atoms with E-state index < -0.39 is 0 Å². The van der Waals surface area contributed by atoms with Gasteiger partial charge in [0, 0.05) is 5.56 Å². The van der Waals surface area contributed by atoms with Gasteiger partial charge in [0.05, 0.1) is 10.7 Å². The SMILES string of the molecule is Nc1cc(C#CC=O)ccc1Cl. The molecule has 60 valence electrons. The van der Waals surface area contributed by atoms with E-state index in [0.717, 1.165) is 0 Å². The van der Waals surface area contributed by atoms with Crippen molar-refractivity contribution in [2.45, 2.75) is 0 Å². The van der Waals surface area contributed by atoms with E-state index in [1.165, 1.54) is 0 Å². The highest BCUT2D eigenvalue weighted by Gasteiger charge is 1.94. The Morgan fingerprint density at radius 3 is 2.83 bits per heavy atom. The number of hydrogen-bond acceptors (Lipinski definition) is 2. The van der Waals surface area contributed by atoms with E-state index in [9.17, 15) is 4.79 Å². The standard InChI is InChI=1S/C9H6ClNO/c10-8-4-3-7(2-1-5-12)6-9(8)11/h3-6H,11H2. The first-order chi connectivity index (χ1) is 5.74. The maximum atomic E-state index is 9.90. The van der Waals surface area contributed by atoms with Crippen molar-refractivity contribution in [3.05, 3.63) is 28.8 Å². The molecule has 0 aliphatic rings. The van der Waals surface area contributed by atoms with Gasteiger partial charge in [-0.2, -0.15) is 0 Å². The number of hydrogen-bond donors (Lipinski definition) is 1. The fraction of sp³-hybridized carbons (Fsp3) is 0. The zero-order valence-electron chi connectivity index (χ0n) is 6.17. The minimum Gasteiger partial charge on any atom is -0.397 e. The lowest BCUT2D eigenvalue weighted by molar-refractivity contribution is -0.103. The van der Waals surface area contributed by atoms with Crippen LogP contribution in [0.2, 0.25) is 5.02 Å². The summed E-state index contributed by atoms with van der Waals surface area (Å²) in [5.41, 5.74) is 6.66. The van der Waals surface area contributed by atoms with Gasteiger partial charge in [-0.3, -0.25) is 4.79 Å². The van der Waals surface area contributed by atoms with Gasteiger partial charge in [-0.15, -0.1) is 0 Å². The maximum absolute atomic E-state index is 9.90. The summed E-state index contributed by atoms with van der Waals surface area (Å²) in [7, 11) is 0. The van der Waals surface area contributed by atoms with Gasteiger partial charge in [0.15, 0.2) is 6.29 Å². The summed E-state index contributed by atoms with van der Waals surface area (Å²) in [6.07, 6.45) is 0.533. The van der Waals surface area contributed by atoms with E-state index in [2.05, 4.69) is 11.8 Å². The largest absolute Gasteiger partial charge is 0.397 e. The Bertz CT molecular complexity index is 363. The molecule has 1 aromatic rings. The van der Waals surface area contributed by atoms with Crippen LogP contribution in [0, 0.1) is 11.8 Å². The molecule has 0 bridgehead atoms. The predicted octanol–water partition coefficient (Wildman–Crippen LogP) is 1.47. The summed E-state index contributed by atoms with van der Waals surface area (Å²) >= 11 is 5.67. The zero-order valence-corrected chi connectivity index (χ0v) is 6.93. The first-order valence-corrected chi connectivity index (χ1v) is 3.62. The quantitative estimate of drug-likeness (QED) is 0.372. The molecule has 0 fully saturated rings. The average molecular weight is 180 g/mol. The van der Waals surface area contributed by atoms with Crippen LogP contribution in [-0.4, -0.2) is 6.29 Å². The van der Waals surface area contributed by atoms with Crippen LogP contribution < -0.4 is 5.73 Å². The zero-order chi connectivity index (χ0) is 8.97. The number of nitrogens with two attached hydrogens (primary N) is 1. The fourth-order valence-corrected chi connectivity index (χ4v) is 0.852. The molecule has 1 aromatic carbocycles. The topological polar surface area (TPSA) is 43.1 Å². The Morgan fingerprint density at radius 2 is 2.25 bits per heavy atom. The molecule has 12 heavy (non-hydrogen) atoms. The number of rotatable bonds is 0. The molecule has 0 radical (unpaired) electrons. The molecule has 0 spiro atoms. The van der Waals surface area contributed by atoms with Crippen molar-refractivity contribution in [1.82, 2.24) is 0 Å². The predicted molar refractivity (Wildman–Crippen MR) is 48.8 cm³/mol. The number of nitrogen functional groups attached to an aromatic ring is 1. The fourth-order valence-electron chi connectivity index (χ4n) is 0.734. The number of halogens is 1. The Morgan fingerprint density at radius 1 is 1.50 bits per heavy atom. The van der Waals surface area contributed by atoms with Crippen molar-refractivity contribution in [3.8, 4) is 11.8 Å². The molecule has 0 saturated heterocycles. The third-order valence-corrected chi connectivity index (χ3v) is 1.62. The lowest BCUT2D eigenvalue weighted by atomic mass is 10.2. The third kappa shape index (κ3) is 2.01. The number of carbonyl (C=O) groups excluding carboxylic acids is 1. The van der Waals surface area contributed by atoms with Crippen LogP contribution >= 0.6 is 11.6 Å². The van der Waals surface area contributed by atoms with Gasteiger partial charge in [0.2, 0.25) is 0 Å². The Hall–Kier alpha value is -1.46. The molecular weight excluding hydrogens is 174 g/mol. The lowest BCUT2D eigenvalue weighted by Crippen LogP contribution is -1.86. The summed E-state index contributed by atoms with van der Waals surface area (Å²) in [4.78, 5) is 9.90. The number of benzene rings is 1. The summed E-state index contributed by atoms with van der Waals surface area (Å²) in [5.74, 6) is 4.89. The first kappa shape index (κ1) is 8.63. The van der Waals surface area contributed by atoms with Crippen molar-refractivity contribution in [3.63, 3.8) is 0 Å². The van der Waals surface area contributed by atoms with Crippen LogP contribution in [0.25, 0.3) is 0 Å². The first-order valence-electron chi connectivity index (χ1n) is 3.24. The summed E-state index contributed by atoms with van der Waals surface area (Å²) in [6.45, 7) is 0.